The van der Waals surface area contributed by atoms with Crippen molar-refractivity contribution in [2.24, 2.45) is 17.6 Å². The van der Waals surface area contributed by atoms with Crippen molar-refractivity contribution in [3.8, 4) is 22.5 Å². The molecule has 0 saturated heterocycles. The molecule has 2 aromatic carbocycles. The van der Waals surface area contributed by atoms with Crippen molar-refractivity contribution in [1.29, 1.82) is 0 Å². The Bertz CT molecular complexity index is 1420. The van der Waals surface area contributed by atoms with Gasteiger partial charge in [0.1, 0.15) is 11.2 Å². The van der Waals surface area contributed by atoms with Gasteiger partial charge in [-0.15, -0.1) is 5.10 Å². The number of nitrogens with two attached hydrogens (primary N) is 1. The lowest BCUT2D eigenvalue weighted by Crippen LogP contribution is -2.48. The maximum Gasteiger partial charge on any atom is 0.247 e. The van der Waals surface area contributed by atoms with E-state index in [0.29, 0.717) is 35.5 Å². The van der Waals surface area contributed by atoms with Gasteiger partial charge in [-0.3, -0.25) is 9.59 Å². The quantitative estimate of drug-likeness (QED) is 0.226. The van der Waals surface area contributed by atoms with E-state index in [-0.39, 0.29) is 17.7 Å². The third kappa shape index (κ3) is 6.70. The number of carbonyl (C=O) groups is 2. The van der Waals surface area contributed by atoms with Crippen molar-refractivity contribution < 1.29 is 9.59 Å². The molecular formula is C29H31ClN8O2. The fourth-order valence-corrected chi connectivity index (χ4v) is 5.27. The first-order valence-corrected chi connectivity index (χ1v) is 13.7. The summed E-state index contributed by atoms with van der Waals surface area (Å²) in [5.41, 5.74) is 9.87. The van der Waals surface area contributed by atoms with Crippen LogP contribution in [-0.4, -0.2) is 50.0 Å². The molecule has 2 amide bonds. The van der Waals surface area contributed by atoms with Crippen LogP contribution in [0.25, 0.3) is 22.5 Å². The van der Waals surface area contributed by atoms with Gasteiger partial charge >= 0.3 is 0 Å². The van der Waals surface area contributed by atoms with Gasteiger partial charge in [0.2, 0.25) is 11.8 Å². The largest absolute Gasteiger partial charge is 0.344 e. The molecular weight excluding hydrogens is 528 g/mol. The highest BCUT2D eigenvalue weighted by Crippen LogP contribution is 2.29. The maximum atomic E-state index is 13.5. The molecule has 0 unspecified atom stereocenters. The monoisotopic (exact) mass is 558 g/mol. The van der Waals surface area contributed by atoms with Crippen molar-refractivity contribution >= 4 is 29.1 Å². The van der Waals surface area contributed by atoms with Gasteiger partial charge in [0.15, 0.2) is 5.82 Å². The Labute approximate surface area is 237 Å². The number of benzene rings is 2. The van der Waals surface area contributed by atoms with Crippen LogP contribution < -0.4 is 16.4 Å². The number of carbonyl (C=O) groups excluding carboxylic acids is 2. The summed E-state index contributed by atoms with van der Waals surface area (Å²) < 4.78 is 0. The average Bonchev–Trinajstić information content (AvgIpc) is 3.53. The molecule has 1 aliphatic carbocycles. The fourth-order valence-electron chi connectivity index (χ4n) is 5.04. The smallest absolute Gasteiger partial charge is 0.247 e. The van der Waals surface area contributed by atoms with Gasteiger partial charge in [-0.25, -0.2) is 10.1 Å². The summed E-state index contributed by atoms with van der Waals surface area (Å²) in [7, 11) is 0. The summed E-state index contributed by atoms with van der Waals surface area (Å²) in [5, 5.41) is 20.2. The average molecular weight is 559 g/mol. The molecule has 5 rings (SSSR count). The van der Waals surface area contributed by atoms with E-state index in [9.17, 15) is 9.59 Å². The van der Waals surface area contributed by atoms with Gasteiger partial charge in [0.25, 0.3) is 0 Å². The highest BCUT2D eigenvalue weighted by Gasteiger charge is 2.29. The second-order valence-electron chi connectivity index (χ2n) is 10.1. The third-order valence-electron chi connectivity index (χ3n) is 7.42. The van der Waals surface area contributed by atoms with Crippen LogP contribution >= 0.6 is 11.6 Å². The van der Waals surface area contributed by atoms with E-state index in [1.54, 1.807) is 18.3 Å². The number of aromatic nitrogens is 5. The Kier molecular flexibility index (Phi) is 8.78. The number of amides is 2. The van der Waals surface area contributed by atoms with Gasteiger partial charge in [-0.2, -0.15) is 0 Å². The first-order chi connectivity index (χ1) is 19.5. The Morgan fingerprint density at radius 2 is 1.73 bits per heavy atom. The molecule has 0 bridgehead atoms. The zero-order valence-corrected chi connectivity index (χ0v) is 22.6. The number of hydrogen-bond acceptors (Lipinski definition) is 7. The molecule has 1 atom stereocenters. The number of tetrazole rings is 1. The van der Waals surface area contributed by atoms with Crippen LogP contribution in [0.15, 0.2) is 66.9 Å². The number of hydrogen-bond donors (Lipinski definition) is 4. The van der Waals surface area contributed by atoms with E-state index in [4.69, 9.17) is 17.3 Å². The SMILES string of the molecule is NCC1CCC(C(=O)N[C@@H](Cc2ccc(-c3cccnc3Cl)cc2)C(=O)Nc2ccc(-c3nnn[nH]3)cc2)CC1. The van der Waals surface area contributed by atoms with E-state index in [1.165, 1.54) is 0 Å². The minimum atomic E-state index is -0.759. The van der Waals surface area contributed by atoms with Crippen LogP contribution in [0.1, 0.15) is 31.2 Å². The first-order valence-electron chi connectivity index (χ1n) is 13.4. The minimum Gasteiger partial charge on any atom is -0.344 e. The molecule has 11 heteroatoms. The predicted octanol–water partition coefficient (Wildman–Crippen LogP) is 4.01. The number of halogens is 1. The van der Waals surface area contributed by atoms with Crippen molar-refractivity contribution in [3.63, 3.8) is 0 Å². The maximum absolute atomic E-state index is 13.5. The van der Waals surface area contributed by atoms with Crippen molar-refractivity contribution in [2.75, 3.05) is 11.9 Å². The van der Waals surface area contributed by atoms with E-state index in [0.717, 1.165) is 47.9 Å². The number of H-pyrrole nitrogens is 1. The number of nitrogens with one attached hydrogen (secondary N) is 3. The van der Waals surface area contributed by atoms with Crippen molar-refractivity contribution in [2.45, 2.75) is 38.1 Å². The van der Waals surface area contributed by atoms with Crippen LogP contribution in [0, 0.1) is 11.8 Å². The van der Waals surface area contributed by atoms with Crippen LogP contribution in [0.3, 0.4) is 0 Å². The van der Waals surface area contributed by atoms with Crippen LogP contribution in [-0.2, 0) is 16.0 Å². The Hall–Kier alpha value is -4.15. The van der Waals surface area contributed by atoms with Gasteiger partial charge in [-0.05, 0) is 96.1 Å². The summed E-state index contributed by atoms with van der Waals surface area (Å²) in [6.45, 7) is 0.644. The number of nitrogens with zero attached hydrogens (tertiary/aromatic N) is 4. The molecule has 5 N–H and O–H groups in total. The van der Waals surface area contributed by atoms with Gasteiger partial charge < -0.3 is 16.4 Å². The second kappa shape index (κ2) is 12.8. The molecule has 4 aromatic rings. The number of anilines is 1. The van der Waals surface area contributed by atoms with E-state index >= 15 is 0 Å². The van der Waals surface area contributed by atoms with Crippen molar-refractivity contribution in [3.05, 3.63) is 77.6 Å². The predicted molar refractivity (Wildman–Crippen MR) is 153 cm³/mol. The molecule has 2 heterocycles. The summed E-state index contributed by atoms with van der Waals surface area (Å²) in [4.78, 5) is 30.9. The zero-order chi connectivity index (χ0) is 27.9. The van der Waals surface area contributed by atoms with Crippen LogP contribution in [0.5, 0.6) is 0 Å². The zero-order valence-electron chi connectivity index (χ0n) is 21.9. The van der Waals surface area contributed by atoms with Gasteiger partial charge in [0.05, 0.1) is 0 Å². The van der Waals surface area contributed by atoms with Crippen LogP contribution in [0.2, 0.25) is 5.15 Å². The van der Waals surface area contributed by atoms with Gasteiger partial charge in [0, 0.05) is 35.3 Å². The summed E-state index contributed by atoms with van der Waals surface area (Å²) in [5.74, 6) is 0.483. The van der Waals surface area contributed by atoms with E-state index in [2.05, 4.69) is 36.2 Å². The molecule has 1 fully saturated rings. The Morgan fingerprint density at radius 3 is 2.38 bits per heavy atom. The lowest BCUT2D eigenvalue weighted by molar-refractivity contribution is -0.130. The van der Waals surface area contributed by atoms with Gasteiger partial charge in [-0.1, -0.05) is 35.9 Å². The number of pyridine rings is 1. The molecule has 10 nitrogen and oxygen atoms in total. The van der Waals surface area contributed by atoms with E-state index < -0.39 is 6.04 Å². The summed E-state index contributed by atoms with van der Waals surface area (Å²) >= 11 is 6.26. The fraction of sp³-hybridized carbons (Fsp3) is 0.310. The topological polar surface area (TPSA) is 152 Å². The second-order valence-corrected chi connectivity index (χ2v) is 10.4. The standard InChI is InChI=1S/C29H31ClN8O2/c30-26-24(2-1-15-32-26)20-7-3-18(4-8-20)16-25(34-28(39)22-9-5-19(17-31)6-10-22)29(40)33-23-13-11-21(12-14-23)27-35-37-38-36-27/h1-4,7-8,11-15,19,22,25H,5-6,9-10,16-17,31H2,(H,33,40)(H,34,39)(H,35,36,37,38)/t19?,22?,25-/m0/s1. The normalized spacial score (nSPS) is 17.6. The summed E-state index contributed by atoms with van der Waals surface area (Å²) in [6, 6.07) is 17.9. The molecule has 40 heavy (non-hydrogen) atoms. The molecule has 1 saturated carbocycles. The van der Waals surface area contributed by atoms with Crippen LogP contribution in [0.4, 0.5) is 5.69 Å². The number of aromatic amines is 1. The highest BCUT2D eigenvalue weighted by atomic mass is 35.5. The molecule has 1 aliphatic rings. The summed E-state index contributed by atoms with van der Waals surface area (Å²) in [6.07, 6.45) is 5.39. The van der Waals surface area contributed by atoms with Crippen molar-refractivity contribution in [1.82, 2.24) is 30.9 Å². The Morgan fingerprint density at radius 1 is 1.00 bits per heavy atom. The Balaban J connectivity index is 1.30. The lowest BCUT2D eigenvalue weighted by atomic mass is 9.81. The molecule has 0 aliphatic heterocycles. The minimum absolute atomic E-state index is 0.0949. The molecule has 206 valence electrons. The first kappa shape index (κ1) is 27.4. The number of rotatable bonds is 9. The van der Waals surface area contributed by atoms with E-state index in [1.807, 2.05) is 48.5 Å². The molecule has 0 radical (unpaired) electrons. The molecule has 0 spiro atoms. The molecule has 2 aromatic heterocycles. The highest BCUT2D eigenvalue weighted by molar-refractivity contribution is 6.32. The third-order valence-corrected chi connectivity index (χ3v) is 7.72. The lowest BCUT2D eigenvalue weighted by Gasteiger charge is -2.28.